The summed E-state index contributed by atoms with van der Waals surface area (Å²) in [7, 11) is 0. The van der Waals surface area contributed by atoms with Gasteiger partial charge in [0.1, 0.15) is 0 Å². The van der Waals surface area contributed by atoms with Crippen LogP contribution >= 0.6 is 0 Å². The Morgan fingerprint density at radius 3 is 1.60 bits per heavy atom. The van der Waals surface area contributed by atoms with Crippen LogP contribution in [-0.2, 0) is 17.1 Å². The largest absolute Gasteiger partial charge is 2.00 e. The standard InChI is InChI=1S/C6H5O2.C5H5.Fe.Mg.2H/c7-6(8)5-3-1-2-4-5;1-2-4-5-3-1;;;;/h1-4H,(H,7,8);1-5H;;;;/q-1;-5;;+2;2*-1. The second-order valence-corrected chi connectivity index (χ2v) is 2.44. The van der Waals surface area contributed by atoms with E-state index in [1.165, 1.54) is 0 Å². The van der Waals surface area contributed by atoms with Crippen LogP contribution < -0.4 is 0 Å². The fourth-order valence-corrected chi connectivity index (χ4v) is 0.837. The van der Waals surface area contributed by atoms with Gasteiger partial charge in [-0.1, -0.05) is 5.56 Å². The normalized spacial score (nSPS) is 7.47. The van der Waals surface area contributed by atoms with Gasteiger partial charge in [-0.05, 0) is 0 Å². The molecule has 84 valence electrons. The molecule has 0 unspecified atom stereocenters. The molecule has 0 fully saturated rings. The first kappa shape index (κ1) is 16.9. The van der Waals surface area contributed by atoms with Crippen molar-refractivity contribution in [3.63, 3.8) is 0 Å². The first-order valence-corrected chi connectivity index (χ1v) is 3.92. The van der Waals surface area contributed by atoms with E-state index in [0.717, 1.165) is 0 Å². The van der Waals surface area contributed by atoms with E-state index in [4.69, 9.17) is 5.11 Å². The fraction of sp³-hybridized carbons (Fsp3) is 0. The molecule has 0 aliphatic carbocycles. The minimum Gasteiger partial charge on any atom is -1.00 e. The van der Waals surface area contributed by atoms with Crippen LogP contribution in [0.3, 0.4) is 0 Å². The Labute approximate surface area is 119 Å². The van der Waals surface area contributed by atoms with E-state index >= 15 is 0 Å². The summed E-state index contributed by atoms with van der Waals surface area (Å²) in [6, 6.07) is 16.5. The van der Waals surface area contributed by atoms with Crippen molar-refractivity contribution in [2.45, 2.75) is 0 Å². The van der Waals surface area contributed by atoms with E-state index < -0.39 is 5.97 Å². The maximum Gasteiger partial charge on any atom is 2.00 e. The van der Waals surface area contributed by atoms with Crippen molar-refractivity contribution in [3.8, 4) is 0 Å². The zero-order valence-corrected chi connectivity index (χ0v) is 10.6. The Balaban J connectivity index is -0.0000000849. The SMILES string of the molecule is O=C(O)[c-]1cccc1.[Fe].[H-].[H-].[Mg+2].[cH-]1[cH-][cH-][cH-][cH-]1. The molecule has 2 aromatic rings. The Morgan fingerprint density at radius 2 is 1.40 bits per heavy atom. The predicted octanol–water partition coefficient (Wildman–Crippen LogP) is 2.35. The van der Waals surface area contributed by atoms with Gasteiger partial charge in [0.25, 0.3) is 5.97 Å². The molecule has 2 nitrogen and oxygen atoms in total. The molecule has 0 saturated carbocycles. The third-order valence-electron chi connectivity index (χ3n) is 1.47. The summed E-state index contributed by atoms with van der Waals surface area (Å²) in [6.45, 7) is 0. The molecule has 0 bridgehead atoms. The van der Waals surface area contributed by atoms with Crippen molar-refractivity contribution in [2.24, 2.45) is 0 Å². The molecule has 0 aromatic heterocycles. The third-order valence-corrected chi connectivity index (χ3v) is 1.47. The van der Waals surface area contributed by atoms with Crippen molar-refractivity contribution in [3.05, 3.63) is 60.2 Å². The molecular weight excluding hydrogens is 244 g/mol. The van der Waals surface area contributed by atoms with Crippen LogP contribution in [0, 0.1) is 0 Å². The van der Waals surface area contributed by atoms with Crippen molar-refractivity contribution in [1.82, 2.24) is 0 Å². The Bertz CT molecular complexity index is 319. The van der Waals surface area contributed by atoms with Gasteiger partial charge in [0.05, 0.1) is 0 Å². The van der Waals surface area contributed by atoms with Gasteiger partial charge in [0, 0.05) is 17.1 Å². The summed E-state index contributed by atoms with van der Waals surface area (Å²) in [4.78, 5) is 10.1. The smallest absolute Gasteiger partial charge is 1.00 e. The Morgan fingerprint density at radius 1 is 1.07 bits per heavy atom. The van der Waals surface area contributed by atoms with E-state index in [-0.39, 0.29) is 43.0 Å². The van der Waals surface area contributed by atoms with Crippen LogP contribution in [0.4, 0.5) is 0 Å². The summed E-state index contributed by atoms with van der Waals surface area (Å²) in [5.74, 6) is -0.866. The second-order valence-electron chi connectivity index (χ2n) is 2.44. The van der Waals surface area contributed by atoms with Gasteiger partial charge in [-0.3, -0.25) is 4.79 Å². The molecule has 0 atom stereocenters. The fourth-order valence-electron chi connectivity index (χ4n) is 0.837. The topological polar surface area (TPSA) is 37.3 Å². The van der Waals surface area contributed by atoms with Crippen LogP contribution in [0.25, 0.3) is 0 Å². The van der Waals surface area contributed by atoms with E-state index in [2.05, 4.69) is 0 Å². The van der Waals surface area contributed by atoms with Gasteiger partial charge in [0.15, 0.2) is 0 Å². The van der Waals surface area contributed by atoms with Gasteiger partial charge in [0.2, 0.25) is 0 Å². The molecule has 0 radical (unpaired) electrons. The predicted molar refractivity (Wildman–Crippen MR) is 59.0 cm³/mol. The number of carboxylic acid groups (broad SMARTS) is 1. The zero-order chi connectivity index (χ0) is 9.52. The van der Waals surface area contributed by atoms with Gasteiger partial charge in [-0.2, -0.15) is 12.1 Å². The van der Waals surface area contributed by atoms with Crippen LogP contribution in [-0.4, -0.2) is 34.1 Å². The summed E-state index contributed by atoms with van der Waals surface area (Å²) in [5, 5.41) is 8.27. The van der Waals surface area contributed by atoms with Crippen molar-refractivity contribution in [1.29, 1.82) is 0 Å². The van der Waals surface area contributed by atoms with Crippen molar-refractivity contribution >= 4 is 29.0 Å². The monoisotopic (exact) mass is 256 g/mol. The molecule has 2 rings (SSSR count). The molecular formula is C11H12FeMgO2-6. The third kappa shape index (κ3) is 7.39. The molecule has 2 aromatic carbocycles. The summed E-state index contributed by atoms with van der Waals surface area (Å²) in [6.07, 6.45) is 0. The number of hydrogen-bond acceptors (Lipinski definition) is 1. The summed E-state index contributed by atoms with van der Waals surface area (Å²) in [5.41, 5.74) is 0.352. The quantitative estimate of drug-likeness (QED) is 0.628. The first-order chi connectivity index (χ1) is 6.30. The van der Waals surface area contributed by atoms with Crippen molar-refractivity contribution < 1.29 is 29.8 Å². The van der Waals surface area contributed by atoms with Gasteiger partial charge in [-0.25, -0.2) is 12.1 Å². The number of hydrogen-bond donors (Lipinski definition) is 1. The van der Waals surface area contributed by atoms with E-state index in [1.54, 1.807) is 24.3 Å². The van der Waals surface area contributed by atoms with Gasteiger partial charge < -0.3 is 38.3 Å². The van der Waals surface area contributed by atoms with Gasteiger partial charge in [-0.15, -0.1) is 0 Å². The zero-order valence-electron chi connectivity index (χ0n) is 10.1. The second kappa shape index (κ2) is 9.99. The van der Waals surface area contributed by atoms with Crippen LogP contribution in [0.2, 0.25) is 0 Å². The maximum atomic E-state index is 10.1. The molecule has 4 heteroatoms. The summed E-state index contributed by atoms with van der Waals surface area (Å²) >= 11 is 0. The number of aromatic carboxylic acids is 1. The number of carbonyl (C=O) groups is 1. The van der Waals surface area contributed by atoms with Crippen LogP contribution in [0.15, 0.2) is 54.6 Å². The average Bonchev–Trinajstić information content (AvgIpc) is 2.82. The minimum atomic E-state index is -0.866. The molecule has 0 aliphatic heterocycles. The summed E-state index contributed by atoms with van der Waals surface area (Å²) < 4.78 is 0. The molecule has 0 amide bonds. The van der Waals surface area contributed by atoms with E-state index in [9.17, 15) is 4.79 Å². The molecule has 0 aliphatic rings. The van der Waals surface area contributed by atoms with E-state index in [0.29, 0.717) is 5.56 Å². The Kier molecular flexibility index (Phi) is 11.2. The van der Waals surface area contributed by atoms with Crippen LogP contribution in [0.1, 0.15) is 13.2 Å². The van der Waals surface area contributed by atoms with E-state index in [1.807, 2.05) is 30.3 Å². The molecule has 0 heterocycles. The minimum absolute atomic E-state index is 0. The van der Waals surface area contributed by atoms with Gasteiger partial charge >= 0.3 is 23.1 Å². The number of rotatable bonds is 1. The average molecular weight is 256 g/mol. The molecule has 0 spiro atoms. The first-order valence-electron chi connectivity index (χ1n) is 3.92. The molecule has 0 saturated heterocycles. The number of carboxylic acids is 1. The van der Waals surface area contributed by atoms with Crippen molar-refractivity contribution in [2.75, 3.05) is 0 Å². The molecule has 1 N–H and O–H groups in total. The van der Waals surface area contributed by atoms with Crippen LogP contribution in [0.5, 0.6) is 0 Å². The molecule has 15 heavy (non-hydrogen) atoms. The maximum absolute atomic E-state index is 10.1. The Hall–Kier alpha value is -0.544.